The Kier molecular flexibility index (Phi) is 5.20. The van der Waals surface area contributed by atoms with Gasteiger partial charge in [0.2, 0.25) is 0 Å². The summed E-state index contributed by atoms with van der Waals surface area (Å²) in [6.45, 7) is 4.45. The molecule has 2 rings (SSSR count). The number of hydrogen-bond donors (Lipinski definition) is 1. The molecule has 1 N–H and O–H groups in total. The van der Waals surface area contributed by atoms with Crippen LogP contribution in [0.4, 0.5) is 5.82 Å². The molecule has 0 radical (unpaired) electrons. The summed E-state index contributed by atoms with van der Waals surface area (Å²) in [5.41, 5.74) is -0.0965. The molecule has 110 valence electrons. The van der Waals surface area contributed by atoms with Crippen molar-refractivity contribution in [2.24, 2.45) is 0 Å². The van der Waals surface area contributed by atoms with Crippen LogP contribution in [0.1, 0.15) is 36.7 Å². The maximum Gasteiger partial charge on any atom is 0.356 e. The van der Waals surface area contributed by atoms with E-state index in [1.165, 1.54) is 0 Å². The topological polar surface area (TPSA) is 62.7 Å². The Morgan fingerprint density at radius 2 is 2.40 bits per heavy atom. The van der Waals surface area contributed by atoms with Crippen LogP contribution in [0.3, 0.4) is 0 Å². The minimum absolute atomic E-state index is 0.0965. The van der Waals surface area contributed by atoms with Crippen LogP contribution in [0.15, 0.2) is 12.1 Å². The molecule has 0 bridgehead atoms. The number of carboxylic acid groups (broad SMARTS) is 1. The molecule has 1 atom stereocenters. The van der Waals surface area contributed by atoms with Crippen LogP contribution in [0.2, 0.25) is 5.02 Å². The molecule has 1 aromatic heterocycles. The summed E-state index contributed by atoms with van der Waals surface area (Å²) in [6.07, 6.45) is 3.24. The zero-order valence-corrected chi connectivity index (χ0v) is 12.3. The van der Waals surface area contributed by atoms with Gasteiger partial charge in [-0.2, -0.15) is 0 Å². The summed E-state index contributed by atoms with van der Waals surface area (Å²) >= 11 is 5.84. The molecule has 1 aromatic rings. The van der Waals surface area contributed by atoms with E-state index in [1.54, 1.807) is 12.1 Å². The lowest BCUT2D eigenvalue weighted by Gasteiger charge is -2.33. The predicted molar refractivity (Wildman–Crippen MR) is 77.7 cm³/mol. The summed E-state index contributed by atoms with van der Waals surface area (Å²) in [5, 5.41) is 9.23. The van der Waals surface area contributed by atoms with E-state index in [-0.39, 0.29) is 16.8 Å². The largest absolute Gasteiger partial charge is 0.476 e. The number of rotatable bonds is 5. The molecule has 2 heterocycles. The predicted octanol–water partition coefficient (Wildman–Crippen LogP) is 2.83. The first-order chi connectivity index (χ1) is 9.61. The van der Waals surface area contributed by atoms with Crippen molar-refractivity contribution in [2.45, 2.75) is 32.3 Å². The quantitative estimate of drug-likeness (QED) is 0.905. The van der Waals surface area contributed by atoms with Gasteiger partial charge in [-0.1, -0.05) is 18.5 Å². The van der Waals surface area contributed by atoms with Crippen molar-refractivity contribution >= 4 is 23.4 Å². The fourth-order valence-corrected chi connectivity index (χ4v) is 2.51. The van der Waals surface area contributed by atoms with Crippen molar-refractivity contribution < 1.29 is 14.6 Å². The van der Waals surface area contributed by atoms with Crippen molar-refractivity contribution in [2.75, 3.05) is 24.6 Å². The van der Waals surface area contributed by atoms with Gasteiger partial charge in [0.15, 0.2) is 5.69 Å². The van der Waals surface area contributed by atoms with Crippen molar-refractivity contribution in [1.29, 1.82) is 0 Å². The van der Waals surface area contributed by atoms with E-state index in [4.69, 9.17) is 21.4 Å². The third kappa shape index (κ3) is 3.61. The smallest absolute Gasteiger partial charge is 0.356 e. The van der Waals surface area contributed by atoms with E-state index in [2.05, 4.69) is 16.8 Å². The summed E-state index contributed by atoms with van der Waals surface area (Å²) < 4.78 is 5.77. The molecule has 0 saturated carbocycles. The van der Waals surface area contributed by atoms with Gasteiger partial charge in [-0.3, -0.25) is 0 Å². The number of hydrogen-bond acceptors (Lipinski definition) is 4. The Bertz CT molecular complexity index is 481. The van der Waals surface area contributed by atoms with Gasteiger partial charge in [-0.05, 0) is 31.4 Å². The molecule has 1 aliphatic rings. The van der Waals surface area contributed by atoms with Gasteiger partial charge >= 0.3 is 5.97 Å². The van der Waals surface area contributed by atoms with Crippen LogP contribution < -0.4 is 4.90 Å². The molecule has 1 unspecified atom stereocenters. The molecular formula is C14H19ClN2O3. The zero-order valence-electron chi connectivity index (χ0n) is 11.5. The first-order valence-corrected chi connectivity index (χ1v) is 7.26. The molecule has 6 heteroatoms. The van der Waals surface area contributed by atoms with E-state index in [0.717, 1.165) is 39.0 Å². The minimum atomic E-state index is -1.10. The highest BCUT2D eigenvalue weighted by Gasteiger charge is 2.22. The van der Waals surface area contributed by atoms with E-state index < -0.39 is 5.97 Å². The first kappa shape index (κ1) is 15.1. The number of carboxylic acids is 1. The molecular weight excluding hydrogens is 280 g/mol. The van der Waals surface area contributed by atoms with Crippen molar-refractivity contribution in [3.8, 4) is 0 Å². The average Bonchev–Trinajstić information content (AvgIpc) is 2.45. The molecule has 0 aromatic carbocycles. The second-order valence-electron chi connectivity index (χ2n) is 4.89. The van der Waals surface area contributed by atoms with Crippen LogP contribution in [0.5, 0.6) is 0 Å². The van der Waals surface area contributed by atoms with Gasteiger partial charge < -0.3 is 14.7 Å². The molecule has 5 nitrogen and oxygen atoms in total. The summed E-state index contributed by atoms with van der Waals surface area (Å²) in [5.74, 6) is -0.454. The van der Waals surface area contributed by atoms with Gasteiger partial charge in [-0.15, -0.1) is 0 Å². The third-order valence-electron chi connectivity index (χ3n) is 3.29. The Morgan fingerprint density at radius 1 is 1.60 bits per heavy atom. The summed E-state index contributed by atoms with van der Waals surface area (Å²) in [6, 6.07) is 3.35. The molecule has 0 spiro atoms. The number of nitrogens with zero attached hydrogens (tertiary/aromatic N) is 2. The zero-order chi connectivity index (χ0) is 14.5. The monoisotopic (exact) mass is 298 g/mol. The number of piperidine rings is 1. The standard InChI is InChI=1S/C14H19ClN2O3/c1-2-8-20-10-4-3-7-17(9-10)12-6-5-11(15)13(16-12)14(18)19/h5-6,10H,2-4,7-9H2,1H3,(H,18,19). The average molecular weight is 299 g/mol. The Morgan fingerprint density at radius 3 is 3.10 bits per heavy atom. The number of ether oxygens (including phenoxy) is 1. The number of carbonyl (C=O) groups is 1. The lowest BCUT2D eigenvalue weighted by Crippen LogP contribution is -2.40. The van der Waals surface area contributed by atoms with Crippen LogP contribution in [0, 0.1) is 0 Å². The molecule has 1 aliphatic heterocycles. The number of anilines is 1. The normalized spacial score (nSPS) is 19.1. The van der Waals surface area contributed by atoms with Crippen LogP contribution in [0.25, 0.3) is 0 Å². The van der Waals surface area contributed by atoms with E-state index >= 15 is 0 Å². The molecule has 1 saturated heterocycles. The molecule has 0 amide bonds. The van der Waals surface area contributed by atoms with Crippen molar-refractivity contribution in [1.82, 2.24) is 4.98 Å². The highest BCUT2D eigenvalue weighted by atomic mass is 35.5. The number of halogens is 1. The second kappa shape index (κ2) is 6.90. The lowest BCUT2D eigenvalue weighted by molar-refractivity contribution is 0.0439. The lowest BCUT2D eigenvalue weighted by atomic mass is 10.1. The van der Waals surface area contributed by atoms with E-state index in [9.17, 15) is 4.79 Å². The van der Waals surface area contributed by atoms with Crippen LogP contribution in [-0.2, 0) is 4.74 Å². The number of pyridine rings is 1. The molecule has 0 aliphatic carbocycles. The molecule has 1 fully saturated rings. The Balaban J connectivity index is 2.10. The number of aromatic carboxylic acids is 1. The Labute approximate surface area is 123 Å². The number of aromatic nitrogens is 1. The molecule has 20 heavy (non-hydrogen) atoms. The van der Waals surface area contributed by atoms with Crippen molar-refractivity contribution in [3.05, 3.63) is 22.8 Å². The maximum absolute atomic E-state index is 11.1. The highest BCUT2D eigenvalue weighted by molar-refractivity contribution is 6.33. The van der Waals surface area contributed by atoms with Crippen molar-refractivity contribution in [3.63, 3.8) is 0 Å². The third-order valence-corrected chi connectivity index (χ3v) is 3.60. The van der Waals surface area contributed by atoms with Crippen LogP contribution >= 0.6 is 11.6 Å². The van der Waals surface area contributed by atoms with Gasteiger partial charge in [-0.25, -0.2) is 9.78 Å². The fourth-order valence-electron chi connectivity index (χ4n) is 2.32. The van der Waals surface area contributed by atoms with Crippen LogP contribution in [-0.4, -0.2) is 41.9 Å². The SMILES string of the molecule is CCCOC1CCCN(c2ccc(Cl)c(C(=O)O)n2)C1. The van der Waals surface area contributed by atoms with Gasteiger partial charge in [0.05, 0.1) is 11.1 Å². The van der Waals surface area contributed by atoms with Gasteiger partial charge in [0.25, 0.3) is 0 Å². The van der Waals surface area contributed by atoms with Gasteiger partial charge in [0.1, 0.15) is 5.82 Å². The summed E-state index contributed by atoms with van der Waals surface area (Å²) in [7, 11) is 0. The van der Waals surface area contributed by atoms with E-state index in [1.807, 2.05) is 0 Å². The minimum Gasteiger partial charge on any atom is -0.476 e. The van der Waals surface area contributed by atoms with E-state index in [0.29, 0.717) is 5.82 Å². The maximum atomic E-state index is 11.1. The summed E-state index contributed by atoms with van der Waals surface area (Å²) in [4.78, 5) is 17.3. The Hall–Kier alpha value is -1.33. The second-order valence-corrected chi connectivity index (χ2v) is 5.29. The highest BCUT2D eigenvalue weighted by Crippen LogP contribution is 2.23. The van der Waals surface area contributed by atoms with Gasteiger partial charge in [0, 0.05) is 19.7 Å². The first-order valence-electron chi connectivity index (χ1n) is 6.88. The fraction of sp³-hybridized carbons (Fsp3) is 0.571.